The van der Waals surface area contributed by atoms with Gasteiger partial charge in [-0.05, 0) is 0 Å². The van der Waals surface area contributed by atoms with Crippen LogP contribution in [-0.4, -0.2) is 101 Å². The van der Waals surface area contributed by atoms with Crippen molar-refractivity contribution in [1.82, 2.24) is 14.6 Å². The number of rotatable bonds is 8. The zero-order valence-electron chi connectivity index (χ0n) is 14.3. The molecule has 1 aromatic rings. The first kappa shape index (κ1) is 25.6. The summed E-state index contributed by atoms with van der Waals surface area (Å²) in [4.78, 5) is 44.1. The maximum atomic E-state index is 12.6. The van der Waals surface area contributed by atoms with Gasteiger partial charge in [-0.25, -0.2) is 14.1 Å². The summed E-state index contributed by atoms with van der Waals surface area (Å²) in [7, 11) is -4.97. The number of carbonyl (C=O) groups excluding carboxylic acids is 3. The van der Waals surface area contributed by atoms with E-state index in [2.05, 4.69) is 26.1 Å². The van der Waals surface area contributed by atoms with Crippen LogP contribution in [0.1, 0.15) is 5.69 Å². The fraction of sp³-hybridized carbons (Fsp3) is 0.308. The topological polar surface area (TPSA) is 217 Å². The van der Waals surface area contributed by atoms with Crippen LogP contribution in [0.25, 0.3) is 0 Å². The summed E-state index contributed by atoms with van der Waals surface area (Å²) in [5.74, 6) is -0.0490. The van der Waals surface area contributed by atoms with E-state index in [1.807, 2.05) is 0 Å². The molecule has 6 N–H and O–H groups in total. The molecule has 1 aliphatic heterocycles. The molecule has 0 bridgehead atoms. The fourth-order valence-corrected chi connectivity index (χ4v) is 3.65. The normalized spacial score (nSPS) is 18.5. The molecular weight excluding hydrogens is 455 g/mol. The average molecular weight is 470 g/mol. The predicted molar refractivity (Wildman–Crippen MR) is 105 cm³/mol. The Kier molecular flexibility index (Phi) is 9.02. The zero-order valence-corrected chi connectivity index (χ0v) is 16.0. The van der Waals surface area contributed by atoms with Crippen molar-refractivity contribution in [2.75, 3.05) is 18.9 Å². The number of carbonyl (C=O) groups is 3. The number of hydrogen-bond acceptors (Lipinski definition) is 11. The van der Waals surface area contributed by atoms with Crippen molar-refractivity contribution in [2.45, 2.75) is 12.1 Å². The summed E-state index contributed by atoms with van der Waals surface area (Å²) in [5, 5.41) is 7.25. The molecule has 17 heteroatoms. The maximum absolute atomic E-state index is 12.6. The molecule has 0 radical (unpaired) electrons. The molecule has 1 saturated heterocycles. The Hall–Kier alpha value is -2.42. The predicted octanol–water partition coefficient (Wildman–Crippen LogP) is -2.98. The second kappa shape index (κ2) is 10.6. The van der Waals surface area contributed by atoms with Gasteiger partial charge in [0.05, 0.1) is 0 Å². The Morgan fingerprint density at radius 2 is 2.17 bits per heavy atom. The van der Waals surface area contributed by atoms with Gasteiger partial charge in [0.2, 0.25) is 0 Å². The third-order valence-electron chi connectivity index (χ3n) is 3.38. The molecule has 1 aromatic heterocycles. The van der Waals surface area contributed by atoms with Crippen molar-refractivity contribution in [2.24, 2.45) is 10.9 Å². The van der Waals surface area contributed by atoms with Crippen LogP contribution in [0.4, 0.5) is 9.93 Å². The average Bonchev–Trinajstić information content (AvgIpc) is 3.04. The Bertz CT molecular complexity index is 1000. The quantitative estimate of drug-likeness (QED) is 0.0575. The number of amides is 3. The monoisotopic (exact) mass is 470 g/mol. The number of β-lactam (4-membered cyclic amide) rings is 1. The van der Waals surface area contributed by atoms with Gasteiger partial charge < -0.3 is 26.4 Å². The van der Waals surface area contributed by atoms with Crippen molar-refractivity contribution < 1.29 is 36.9 Å². The molecule has 2 heterocycles. The number of oxime groups is 1. The van der Waals surface area contributed by atoms with E-state index < -0.39 is 52.6 Å². The van der Waals surface area contributed by atoms with Crippen molar-refractivity contribution in [3.63, 3.8) is 0 Å². The number of anilines is 1. The Balaban J connectivity index is 0.00000450. The molecule has 0 spiro atoms. The molecule has 1 fully saturated rings. The van der Waals surface area contributed by atoms with Crippen LogP contribution in [0, 0.1) is 12.3 Å². The molecule has 3 amide bonds. The first-order valence-electron chi connectivity index (χ1n) is 7.44. The summed E-state index contributed by atoms with van der Waals surface area (Å²) in [6.45, 7) is -0.986. The summed E-state index contributed by atoms with van der Waals surface area (Å²) >= 11 is 0.995. The first-order chi connectivity index (χ1) is 13.6. The van der Waals surface area contributed by atoms with E-state index in [9.17, 15) is 22.8 Å². The summed E-state index contributed by atoms with van der Waals surface area (Å²) in [6.07, 6.45) is 3.78. The van der Waals surface area contributed by atoms with Crippen LogP contribution in [-0.2, 0) is 29.5 Å². The van der Waals surface area contributed by atoms with Gasteiger partial charge >= 0.3 is 46.0 Å². The van der Waals surface area contributed by atoms with E-state index in [4.69, 9.17) is 27.3 Å². The van der Waals surface area contributed by atoms with E-state index in [-0.39, 0.29) is 51.3 Å². The fourth-order valence-electron chi connectivity index (χ4n) is 2.24. The van der Waals surface area contributed by atoms with Gasteiger partial charge in [-0.3, -0.25) is 14.1 Å². The summed E-state index contributed by atoms with van der Waals surface area (Å²) in [5.41, 5.74) is 9.94. The number of ether oxygens (including phenoxy) is 1. The van der Waals surface area contributed by atoms with Gasteiger partial charge in [-0.2, -0.15) is 8.42 Å². The van der Waals surface area contributed by atoms with Crippen LogP contribution < -0.4 is 16.8 Å². The molecule has 0 aromatic carbocycles. The van der Waals surface area contributed by atoms with Crippen LogP contribution >= 0.6 is 11.3 Å². The number of nitrogen functional groups attached to an aromatic ring is 1. The van der Waals surface area contributed by atoms with Crippen molar-refractivity contribution in [3.8, 4) is 12.3 Å². The van der Waals surface area contributed by atoms with Crippen LogP contribution in [0.3, 0.4) is 0 Å². The van der Waals surface area contributed by atoms with E-state index >= 15 is 0 Å². The van der Waals surface area contributed by atoms with Gasteiger partial charge in [-0.15, -0.1) is 17.8 Å². The molecule has 0 aliphatic carbocycles. The van der Waals surface area contributed by atoms with E-state index in [0.29, 0.717) is 0 Å². The summed E-state index contributed by atoms with van der Waals surface area (Å²) < 4.78 is 36.3. The van der Waals surface area contributed by atoms with Gasteiger partial charge in [0, 0.05) is 5.38 Å². The van der Waals surface area contributed by atoms with E-state index in [0.717, 1.165) is 11.3 Å². The van der Waals surface area contributed by atoms with E-state index in [1.165, 1.54) is 5.38 Å². The van der Waals surface area contributed by atoms with Gasteiger partial charge in [-0.1, -0.05) is 11.1 Å². The minimum atomic E-state index is -4.97. The number of primary amides is 1. The second-order valence-electron chi connectivity index (χ2n) is 5.25. The zero-order chi connectivity index (χ0) is 21.8. The number of terminal acetylenes is 1. The molecule has 0 unspecified atom stereocenters. The Morgan fingerprint density at radius 3 is 2.67 bits per heavy atom. The number of nitrogens with two attached hydrogens (primary N) is 2. The number of thiazole rings is 1. The van der Waals surface area contributed by atoms with Gasteiger partial charge in [0.15, 0.2) is 17.5 Å². The number of hydrogen-bond donors (Lipinski definition) is 4. The van der Waals surface area contributed by atoms with Crippen LogP contribution in [0.15, 0.2) is 10.5 Å². The SMILES string of the molecule is C#CCON=C(C(=O)N[C@@H]1C(=O)N(S(=O)(=O)O)[C@@H]1COC(N)=O)c1csc(N)n1.[NaH]. The molecule has 2 atom stereocenters. The molecule has 30 heavy (non-hydrogen) atoms. The molecule has 14 nitrogen and oxygen atoms in total. The van der Waals surface area contributed by atoms with Crippen molar-refractivity contribution in [3.05, 3.63) is 11.1 Å². The Labute approximate surface area is 196 Å². The molecule has 158 valence electrons. The standard InChI is InChI=1S/C13H14N6O8S2.Na.H/c1-2-3-27-18-8(6-5-28-12(14)16-6)10(20)17-9-7(4-26-13(15)22)19(11(9)21)29(23,24)25;;/h1,5,7,9H,3-4H2,(H2,14,16)(H2,15,22)(H,17,20)(H,23,24,25);;/t7-,9+;;/m1../s1. The molecule has 0 saturated carbocycles. The second-order valence-corrected chi connectivity index (χ2v) is 7.43. The van der Waals surface area contributed by atoms with Gasteiger partial charge in [0.1, 0.15) is 24.4 Å². The van der Waals surface area contributed by atoms with Crippen molar-refractivity contribution >= 4 is 79.9 Å². The number of aromatic nitrogens is 1. The number of nitrogens with zero attached hydrogens (tertiary/aromatic N) is 3. The molecular formula is C13H15N6NaO8S2. The third-order valence-corrected chi connectivity index (χ3v) is 5.01. The number of nitrogens with one attached hydrogen (secondary N) is 1. The van der Waals surface area contributed by atoms with E-state index in [1.54, 1.807) is 0 Å². The van der Waals surface area contributed by atoms with Gasteiger partial charge in [0.25, 0.3) is 11.8 Å². The third kappa shape index (κ3) is 6.04. The van der Waals surface area contributed by atoms with Crippen LogP contribution in [0.2, 0.25) is 0 Å². The van der Waals surface area contributed by atoms with Crippen LogP contribution in [0.5, 0.6) is 0 Å². The first-order valence-corrected chi connectivity index (χ1v) is 9.72. The Morgan fingerprint density at radius 1 is 1.50 bits per heavy atom. The molecule has 1 aliphatic rings. The molecule has 2 rings (SSSR count). The minimum absolute atomic E-state index is 0. The van der Waals surface area contributed by atoms with Crippen molar-refractivity contribution in [1.29, 1.82) is 0 Å². The summed E-state index contributed by atoms with van der Waals surface area (Å²) in [6, 6.07) is -2.93.